The highest BCUT2D eigenvalue weighted by Crippen LogP contribution is 2.51. The minimum Gasteiger partial charge on any atom is -0.457 e. The second-order valence-electron chi connectivity index (χ2n) is 6.82. The Hall–Kier alpha value is -0.610. The first-order chi connectivity index (χ1) is 9.01. The summed E-state index contributed by atoms with van der Waals surface area (Å²) in [6.45, 7) is 1.97. The number of fused-ring (bicyclic) bond motifs is 1. The molecular formula is C15H24O4. The Kier molecular flexibility index (Phi) is 3.34. The lowest BCUT2D eigenvalue weighted by molar-refractivity contribution is -0.161. The largest absolute Gasteiger partial charge is 0.457 e. The number of carbonyl (C=O) groups excluding carboxylic acids is 1. The van der Waals surface area contributed by atoms with Gasteiger partial charge in [-0.1, -0.05) is 12.8 Å². The summed E-state index contributed by atoms with van der Waals surface area (Å²) in [5.41, 5.74) is -0.531. The van der Waals surface area contributed by atoms with Gasteiger partial charge in [0.25, 0.3) is 0 Å². The molecule has 0 radical (unpaired) electrons. The molecule has 1 saturated heterocycles. The van der Waals surface area contributed by atoms with E-state index in [0.29, 0.717) is 24.2 Å². The van der Waals surface area contributed by atoms with Gasteiger partial charge in [0.15, 0.2) is 6.10 Å². The molecule has 3 rings (SSSR count). The lowest BCUT2D eigenvalue weighted by Gasteiger charge is -2.48. The number of cyclic esters (lactones) is 1. The molecule has 4 nitrogen and oxygen atoms in total. The van der Waals surface area contributed by atoms with Crippen LogP contribution in [0.4, 0.5) is 0 Å². The number of esters is 1. The van der Waals surface area contributed by atoms with Crippen molar-refractivity contribution in [1.82, 2.24) is 0 Å². The van der Waals surface area contributed by atoms with E-state index in [1.807, 2.05) is 6.92 Å². The van der Waals surface area contributed by atoms with Crippen LogP contribution in [0, 0.1) is 17.8 Å². The monoisotopic (exact) mass is 268 g/mol. The summed E-state index contributed by atoms with van der Waals surface area (Å²) in [4.78, 5) is 11.5. The Morgan fingerprint density at radius 1 is 1.11 bits per heavy atom. The van der Waals surface area contributed by atoms with Crippen LogP contribution < -0.4 is 0 Å². The van der Waals surface area contributed by atoms with Crippen molar-refractivity contribution in [2.75, 3.05) is 0 Å². The zero-order valence-electron chi connectivity index (χ0n) is 11.5. The summed E-state index contributed by atoms with van der Waals surface area (Å²) in [7, 11) is 0. The fourth-order valence-electron chi connectivity index (χ4n) is 4.76. The van der Waals surface area contributed by atoms with Gasteiger partial charge < -0.3 is 14.9 Å². The third-order valence-electron chi connectivity index (χ3n) is 5.64. The summed E-state index contributed by atoms with van der Waals surface area (Å²) >= 11 is 0. The number of aliphatic hydroxyl groups excluding tert-OH is 2. The van der Waals surface area contributed by atoms with Gasteiger partial charge in [0.2, 0.25) is 0 Å². The van der Waals surface area contributed by atoms with Crippen LogP contribution in [0.3, 0.4) is 0 Å². The maximum Gasteiger partial charge on any atom is 0.335 e. The third-order valence-corrected chi connectivity index (χ3v) is 5.64. The number of hydrogen-bond donors (Lipinski definition) is 2. The first kappa shape index (κ1) is 13.4. The maximum absolute atomic E-state index is 11.5. The summed E-state index contributed by atoms with van der Waals surface area (Å²) < 4.78 is 5.51. The zero-order valence-corrected chi connectivity index (χ0v) is 11.5. The fourth-order valence-corrected chi connectivity index (χ4v) is 4.76. The van der Waals surface area contributed by atoms with E-state index >= 15 is 0 Å². The van der Waals surface area contributed by atoms with Crippen LogP contribution in [0.1, 0.15) is 51.9 Å². The van der Waals surface area contributed by atoms with Crippen LogP contribution in [0.15, 0.2) is 0 Å². The highest BCUT2D eigenvalue weighted by molar-refractivity contribution is 5.77. The Bertz CT molecular complexity index is 369. The van der Waals surface area contributed by atoms with Gasteiger partial charge in [0.1, 0.15) is 5.60 Å². The summed E-state index contributed by atoms with van der Waals surface area (Å²) in [6, 6.07) is 0. The third kappa shape index (κ3) is 2.19. The lowest BCUT2D eigenvalue weighted by atomic mass is 9.60. The molecule has 6 atom stereocenters. The molecule has 0 amide bonds. The van der Waals surface area contributed by atoms with E-state index < -0.39 is 17.7 Å². The normalized spacial score (nSPS) is 50.7. The van der Waals surface area contributed by atoms with Crippen LogP contribution in [0.25, 0.3) is 0 Å². The number of hydrogen-bond acceptors (Lipinski definition) is 4. The average Bonchev–Trinajstić information content (AvgIpc) is 2.64. The van der Waals surface area contributed by atoms with Gasteiger partial charge in [-0.15, -0.1) is 0 Å². The van der Waals surface area contributed by atoms with Crippen molar-refractivity contribution < 1.29 is 19.7 Å². The summed E-state index contributed by atoms with van der Waals surface area (Å²) in [6.07, 6.45) is 5.58. The summed E-state index contributed by atoms with van der Waals surface area (Å²) in [5, 5.41) is 19.9. The maximum atomic E-state index is 11.5. The fraction of sp³-hybridized carbons (Fsp3) is 0.933. The summed E-state index contributed by atoms with van der Waals surface area (Å²) in [5.74, 6) is 0.629. The molecule has 1 aliphatic heterocycles. The van der Waals surface area contributed by atoms with Gasteiger partial charge in [-0.3, -0.25) is 0 Å². The minimum atomic E-state index is -0.959. The van der Waals surface area contributed by atoms with Gasteiger partial charge in [0.05, 0.1) is 6.10 Å². The molecule has 0 aromatic carbocycles. The van der Waals surface area contributed by atoms with Crippen molar-refractivity contribution in [3.05, 3.63) is 0 Å². The second-order valence-corrected chi connectivity index (χ2v) is 6.82. The van der Waals surface area contributed by atoms with E-state index in [1.54, 1.807) is 0 Å². The number of ether oxygens (including phenoxy) is 1. The molecule has 0 aromatic heterocycles. The Labute approximate surface area is 114 Å². The zero-order chi connectivity index (χ0) is 13.6. The molecule has 3 aliphatic rings. The molecule has 2 saturated carbocycles. The molecule has 0 spiro atoms. The SMILES string of the molecule is CC1([C@H]2CCCC3C2CCC[C@H]3O)CC(O)C(=O)O1. The lowest BCUT2D eigenvalue weighted by Crippen LogP contribution is -2.48. The van der Waals surface area contributed by atoms with E-state index in [9.17, 15) is 15.0 Å². The average molecular weight is 268 g/mol. The smallest absolute Gasteiger partial charge is 0.335 e. The highest BCUT2D eigenvalue weighted by Gasteiger charge is 2.53. The van der Waals surface area contributed by atoms with Crippen LogP contribution in [-0.4, -0.2) is 34.0 Å². The number of aliphatic hydroxyl groups is 2. The highest BCUT2D eigenvalue weighted by atomic mass is 16.6. The molecule has 2 aliphatic carbocycles. The predicted octanol–water partition coefficient (Wildman–Crippen LogP) is 1.63. The molecule has 4 unspecified atom stereocenters. The van der Waals surface area contributed by atoms with Gasteiger partial charge in [-0.05, 0) is 44.4 Å². The molecule has 19 heavy (non-hydrogen) atoms. The van der Waals surface area contributed by atoms with Gasteiger partial charge in [0, 0.05) is 12.3 Å². The Balaban J connectivity index is 1.81. The molecule has 1 heterocycles. The van der Waals surface area contributed by atoms with E-state index in [1.165, 1.54) is 0 Å². The van der Waals surface area contributed by atoms with Crippen molar-refractivity contribution in [2.24, 2.45) is 17.8 Å². The van der Waals surface area contributed by atoms with E-state index in [4.69, 9.17) is 4.74 Å². The van der Waals surface area contributed by atoms with Crippen LogP contribution in [-0.2, 0) is 9.53 Å². The molecule has 3 fully saturated rings. The quantitative estimate of drug-likeness (QED) is 0.709. The molecular weight excluding hydrogens is 244 g/mol. The van der Waals surface area contributed by atoms with E-state index in [-0.39, 0.29) is 6.10 Å². The van der Waals surface area contributed by atoms with Crippen molar-refractivity contribution >= 4 is 5.97 Å². The molecule has 2 N–H and O–H groups in total. The van der Waals surface area contributed by atoms with Gasteiger partial charge in [-0.2, -0.15) is 0 Å². The molecule has 108 valence electrons. The van der Waals surface area contributed by atoms with Crippen molar-refractivity contribution in [3.8, 4) is 0 Å². The number of carbonyl (C=O) groups is 1. The first-order valence-corrected chi connectivity index (χ1v) is 7.60. The van der Waals surface area contributed by atoms with E-state index in [2.05, 4.69) is 0 Å². The first-order valence-electron chi connectivity index (χ1n) is 7.60. The topological polar surface area (TPSA) is 66.8 Å². The number of rotatable bonds is 1. The van der Waals surface area contributed by atoms with Crippen molar-refractivity contribution in [1.29, 1.82) is 0 Å². The van der Waals surface area contributed by atoms with Crippen molar-refractivity contribution in [3.63, 3.8) is 0 Å². The van der Waals surface area contributed by atoms with Crippen molar-refractivity contribution in [2.45, 2.75) is 69.7 Å². The van der Waals surface area contributed by atoms with Crippen LogP contribution >= 0.6 is 0 Å². The molecule has 0 aromatic rings. The van der Waals surface area contributed by atoms with Gasteiger partial charge >= 0.3 is 5.97 Å². The molecule has 0 bridgehead atoms. The standard InChI is InChI=1S/C15H24O4/c1-15(8-13(17)14(18)19-15)11-6-2-5-10-9(11)4-3-7-12(10)16/h9-13,16-17H,2-8H2,1H3/t9?,10?,11-,12+,13?,15?/m0/s1. The predicted molar refractivity (Wildman–Crippen MR) is 69.3 cm³/mol. The van der Waals surface area contributed by atoms with Crippen LogP contribution in [0.2, 0.25) is 0 Å². The van der Waals surface area contributed by atoms with Gasteiger partial charge in [-0.25, -0.2) is 4.79 Å². The second kappa shape index (κ2) is 4.74. The Morgan fingerprint density at radius 2 is 1.79 bits per heavy atom. The minimum absolute atomic E-state index is 0.188. The van der Waals surface area contributed by atoms with Crippen LogP contribution in [0.5, 0.6) is 0 Å². The molecule has 4 heteroatoms. The Morgan fingerprint density at radius 3 is 2.47 bits per heavy atom. The van der Waals surface area contributed by atoms with E-state index in [0.717, 1.165) is 38.5 Å².